The van der Waals surface area contributed by atoms with Crippen molar-refractivity contribution in [3.8, 4) is 0 Å². The standard InChI is InChI=1S/C25H30N6OS/c1-30(2)25(32)24-23(17-10-15-9-16(15)11-17)19-12-22(28-14-20(19)33-24)29-21-4-3-18(13-27-21)31-7-5-26-6-8-31/h3-4,12-17,26H,5-11H2,1-2H3,(H,27,28,29). The lowest BCUT2D eigenvalue weighted by molar-refractivity contribution is 0.0831. The third kappa shape index (κ3) is 3.95. The van der Waals surface area contributed by atoms with Gasteiger partial charge in [0, 0.05) is 51.9 Å². The number of carbonyl (C=O) groups is 1. The first kappa shape index (κ1) is 20.9. The number of piperazine rings is 1. The van der Waals surface area contributed by atoms with Crippen LogP contribution in [-0.4, -0.2) is 61.0 Å². The van der Waals surface area contributed by atoms with E-state index in [-0.39, 0.29) is 5.91 Å². The largest absolute Gasteiger partial charge is 0.368 e. The summed E-state index contributed by atoms with van der Waals surface area (Å²) in [6.45, 7) is 4.02. The van der Waals surface area contributed by atoms with Crippen LogP contribution in [0.25, 0.3) is 10.1 Å². The van der Waals surface area contributed by atoms with Gasteiger partial charge in [-0.2, -0.15) is 0 Å². The molecule has 2 atom stereocenters. The maximum absolute atomic E-state index is 13.0. The van der Waals surface area contributed by atoms with Crippen LogP contribution in [0.1, 0.15) is 40.4 Å². The Morgan fingerprint density at radius 3 is 2.55 bits per heavy atom. The molecule has 3 fully saturated rings. The van der Waals surface area contributed by atoms with Crippen molar-refractivity contribution in [2.75, 3.05) is 50.5 Å². The number of thiophene rings is 1. The lowest BCUT2D eigenvalue weighted by Gasteiger charge is -2.29. The normalized spacial score (nSPS) is 24.1. The van der Waals surface area contributed by atoms with Crippen LogP contribution in [-0.2, 0) is 0 Å². The summed E-state index contributed by atoms with van der Waals surface area (Å²) in [6.07, 6.45) is 7.64. The Labute approximate surface area is 198 Å². The summed E-state index contributed by atoms with van der Waals surface area (Å²) in [7, 11) is 3.67. The molecule has 3 aromatic heterocycles. The van der Waals surface area contributed by atoms with Gasteiger partial charge in [0.1, 0.15) is 11.6 Å². The van der Waals surface area contributed by atoms with Crippen molar-refractivity contribution in [3.63, 3.8) is 0 Å². The van der Waals surface area contributed by atoms with Crippen molar-refractivity contribution in [1.29, 1.82) is 0 Å². The number of hydrogen-bond donors (Lipinski definition) is 2. The molecule has 1 saturated heterocycles. The molecule has 7 nitrogen and oxygen atoms in total. The molecule has 33 heavy (non-hydrogen) atoms. The van der Waals surface area contributed by atoms with Gasteiger partial charge in [-0.05, 0) is 60.8 Å². The molecule has 2 unspecified atom stereocenters. The van der Waals surface area contributed by atoms with Crippen molar-refractivity contribution >= 4 is 44.7 Å². The number of carbonyl (C=O) groups excluding carboxylic acids is 1. The number of hydrogen-bond acceptors (Lipinski definition) is 7. The third-order valence-electron chi connectivity index (χ3n) is 7.35. The van der Waals surface area contributed by atoms with Gasteiger partial charge in [0.15, 0.2) is 0 Å². The first-order chi connectivity index (χ1) is 16.1. The summed E-state index contributed by atoms with van der Waals surface area (Å²) in [5.41, 5.74) is 2.39. The van der Waals surface area contributed by atoms with Crippen molar-refractivity contribution in [2.45, 2.75) is 25.2 Å². The van der Waals surface area contributed by atoms with Crippen molar-refractivity contribution in [2.24, 2.45) is 11.8 Å². The fourth-order valence-electron chi connectivity index (χ4n) is 5.51. The van der Waals surface area contributed by atoms with E-state index >= 15 is 0 Å². The van der Waals surface area contributed by atoms with Crippen LogP contribution in [0.15, 0.2) is 30.6 Å². The van der Waals surface area contributed by atoms with E-state index in [1.54, 1.807) is 16.2 Å². The minimum atomic E-state index is 0.103. The maximum Gasteiger partial charge on any atom is 0.263 e. The second-order valence-electron chi connectivity index (χ2n) is 9.80. The maximum atomic E-state index is 13.0. The van der Waals surface area contributed by atoms with Gasteiger partial charge in [0.05, 0.1) is 21.5 Å². The summed E-state index contributed by atoms with van der Waals surface area (Å²) >= 11 is 1.59. The number of amides is 1. The highest BCUT2D eigenvalue weighted by atomic mass is 32.1. The van der Waals surface area contributed by atoms with E-state index in [4.69, 9.17) is 0 Å². The topological polar surface area (TPSA) is 73.4 Å². The summed E-state index contributed by atoms with van der Waals surface area (Å²) in [6, 6.07) is 6.25. The summed E-state index contributed by atoms with van der Waals surface area (Å²) < 4.78 is 1.09. The van der Waals surface area contributed by atoms with Crippen LogP contribution in [0, 0.1) is 11.8 Å². The highest BCUT2D eigenvalue weighted by molar-refractivity contribution is 7.21. The number of aromatic nitrogens is 2. The molecule has 3 aromatic rings. The highest BCUT2D eigenvalue weighted by Crippen LogP contribution is 2.59. The van der Waals surface area contributed by atoms with E-state index in [0.717, 1.165) is 64.9 Å². The van der Waals surface area contributed by atoms with E-state index < -0.39 is 0 Å². The van der Waals surface area contributed by atoms with E-state index in [9.17, 15) is 4.79 Å². The molecule has 0 bridgehead atoms. The van der Waals surface area contributed by atoms with E-state index in [0.29, 0.717) is 5.92 Å². The molecule has 1 aliphatic heterocycles. The molecule has 2 N–H and O–H groups in total. The van der Waals surface area contributed by atoms with Crippen LogP contribution in [0.2, 0.25) is 0 Å². The molecule has 0 radical (unpaired) electrons. The number of nitrogens with one attached hydrogen (secondary N) is 2. The highest BCUT2D eigenvalue weighted by Gasteiger charge is 2.47. The average molecular weight is 463 g/mol. The molecule has 0 aromatic carbocycles. The zero-order valence-corrected chi connectivity index (χ0v) is 20.0. The molecule has 6 rings (SSSR count). The number of rotatable bonds is 5. The van der Waals surface area contributed by atoms with Gasteiger partial charge in [-0.1, -0.05) is 0 Å². The number of fused-ring (bicyclic) bond motifs is 2. The Balaban J connectivity index is 1.29. The molecule has 1 amide bonds. The zero-order valence-electron chi connectivity index (χ0n) is 19.2. The Hall–Kier alpha value is -2.71. The summed E-state index contributed by atoms with van der Waals surface area (Å²) in [5.74, 6) is 3.87. The quantitative estimate of drug-likeness (QED) is 0.596. The minimum Gasteiger partial charge on any atom is -0.368 e. The van der Waals surface area contributed by atoms with Crippen LogP contribution >= 0.6 is 11.3 Å². The van der Waals surface area contributed by atoms with Crippen molar-refractivity contribution < 1.29 is 4.79 Å². The third-order valence-corrected chi connectivity index (χ3v) is 8.50. The van der Waals surface area contributed by atoms with Crippen LogP contribution < -0.4 is 15.5 Å². The molecule has 0 spiro atoms. The van der Waals surface area contributed by atoms with Gasteiger partial charge in [0.25, 0.3) is 5.91 Å². The zero-order chi connectivity index (χ0) is 22.5. The first-order valence-corrected chi connectivity index (χ1v) is 12.7. The van der Waals surface area contributed by atoms with Crippen molar-refractivity contribution in [3.05, 3.63) is 41.0 Å². The smallest absolute Gasteiger partial charge is 0.263 e. The lowest BCUT2D eigenvalue weighted by atomic mass is 9.91. The average Bonchev–Trinajstić information content (AvgIpc) is 3.27. The predicted octanol–water partition coefficient (Wildman–Crippen LogP) is 4.06. The van der Waals surface area contributed by atoms with E-state index in [1.807, 2.05) is 32.6 Å². The lowest BCUT2D eigenvalue weighted by Crippen LogP contribution is -2.43. The minimum absolute atomic E-state index is 0.103. The molecule has 8 heteroatoms. The molecular weight excluding hydrogens is 432 g/mol. The predicted molar refractivity (Wildman–Crippen MR) is 134 cm³/mol. The fraction of sp³-hybridized carbons (Fsp3) is 0.480. The SMILES string of the molecule is CN(C)C(=O)c1sc2cnc(Nc3ccc(N4CCNCC4)cn3)cc2c1C1CC2CC2C1. The van der Waals surface area contributed by atoms with Crippen LogP contribution in [0.5, 0.6) is 0 Å². The van der Waals surface area contributed by atoms with Crippen LogP contribution in [0.3, 0.4) is 0 Å². The van der Waals surface area contributed by atoms with Gasteiger partial charge >= 0.3 is 0 Å². The number of nitrogens with zero attached hydrogens (tertiary/aromatic N) is 4. The molecule has 3 aliphatic rings. The Bertz CT molecular complexity index is 1170. The molecular formula is C25H30N6OS. The number of anilines is 3. The molecule has 4 heterocycles. The second kappa shape index (κ2) is 8.25. The summed E-state index contributed by atoms with van der Waals surface area (Å²) in [4.78, 5) is 27.2. The number of pyridine rings is 2. The van der Waals surface area contributed by atoms with Gasteiger partial charge in [-0.3, -0.25) is 4.79 Å². The summed E-state index contributed by atoms with van der Waals surface area (Å²) in [5, 5.41) is 7.93. The van der Waals surface area contributed by atoms with Gasteiger partial charge in [0.2, 0.25) is 0 Å². The Kier molecular flexibility index (Phi) is 5.22. The second-order valence-corrected chi connectivity index (χ2v) is 10.9. The van der Waals surface area contributed by atoms with Crippen LogP contribution in [0.4, 0.5) is 17.3 Å². The Morgan fingerprint density at radius 1 is 1.09 bits per heavy atom. The van der Waals surface area contributed by atoms with E-state index in [2.05, 4.69) is 37.6 Å². The van der Waals surface area contributed by atoms with E-state index in [1.165, 1.54) is 30.2 Å². The van der Waals surface area contributed by atoms with Gasteiger partial charge < -0.3 is 20.4 Å². The van der Waals surface area contributed by atoms with Gasteiger partial charge in [-0.15, -0.1) is 11.3 Å². The Morgan fingerprint density at radius 2 is 1.85 bits per heavy atom. The molecule has 172 valence electrons. The molecule has 2 aliphatic carbocycles. The monoisotopic (exact) mass is 462 g/mol. The fourth-order valence-corrected chi connectivity index (χ4v) is 6.77. The van der Waals surface area contributed by atoms with Crippen molar-refractivity contribution in [1.82, 2.24) is 20.2 Å². The van der Waals surface area contributed by atoms with Gasteiger partial charge in [-0.25, -0.2) is 9.97 Å². The first-order valence-electron chi connectivity index (χ1n) is 11.9. The molecule has 2 saturated carbocycles.